The van der Waals surface area contributed by atoms with E-state index >= 15 is 0 Å². The van der Waals surface area contributed by atoms with Gasteiger partial charge >= 0.3 is 12.1 Å². The van der Waals surface area contributed by atoms with Crippen LogP contribution in [0, 0.1) is 0 Å². The molecule has 0 spiro atoms. The van der Waals surface area contributed by atoms with Crippen molar-refractivity contribution in [3.05, 3.63) is 36.5 Å². The van der Waals surface area contributed by atoms with Crippen LogP contribution in [0.15, 0.2) is 41.5 Å². The second-order valence-electron chi connectivity index (χ2n) is 5.00. The number of nitrogens with zero attached hydrogens (tertiary/aromatic N) is 2. The van der Waals surface area contributed by atoms with Crippen molar-refractivity contribution in [3.8, 4) is 0 Å². The third kappa shape index (κ3) is 4.75. The molecule has 1 heterocycles. The summed E-state index contributed by atoms with van der Waals surface area (Å²) in [5.74, 6) is -3.50. The van der Waals surface area contributed by atoms with Crippen LogP contribution in [0.3, 0.4) is 0 Å². The van der Waals surface area contributed by atoms with Crippen LogP contribution in [-0.4, -0.2) is 49.9 Å². The Morgan fingerprint density at radius 3 is 2.64 bits per heavy atom. The van der Waals surface area contributed by atoms with Crippen molar-refractivity contribution in [1.29, 1.82) is 0 Å². The van der Waals surface area contributed by atoms with Crippen molar-refractivity contribution < 1.29 is 31.1 Å². The van der Waals surface area contributed by atoms with E-state index in [9.17, 15) is 26.4 Å². The van der Waals surface area contributed by atoms with Gasteiger partial charge in [-0.2, -0.15) is 13.2 Å². The van der Waals surface area contributed by atoms with E-state index in [1.807, 2.05) is 0 Å². The van der Waals surface area contributed by atoms with Crippen molar-refractivity contribution in [2.45, 2.75) is 11.4 Å². The molecule has 1 aromatic heterocycles. The first-order valence-corrected chi connectivity index (χ1v) is 8.60. The Hall–Kier alpha value is -2.49. The first kappa shape index (κ1) is 18.8. The summed E-state index contributed by atoms with van der Waals surface area (Å²) in [6.45, 7) is 0. The molecule has 0 amide bonds. The molecule has 1 aromatic carbocycles. The van der Waals surface area contributed by atoms with E-state index in [-0.39, 0.29) is 5.69 Å². The Balaban J connectivity index is 2.43. The molecule has 0 radical (unpaired) electrons. The number of benzene rings is 1. The van der Waals surface area contributed by atoms with E-state index in [0.29, 0.717) is 17.1 Å². The number of carbonyl (C=O) groups excluding carboxylic acids is 1. The van der Waals surface area contributed by atoms with E-state index in [1.54, 1.807) is 24.3 Å². The lowest BCUT2D eigenvalue weighted by Crippen LogP contribution is -2.38. The minimum absolute atomic E-state index is 0.217. The Labute approximate surface area is 141 Å². The molecule has 0 aliphatic carbocycles. The van der Waals surface area contributed by atoms with Crippen LogP contribution in [0.1, 0.15) is 0 Å². The predicted molar refractivity (Wildman–Crippen MR) is 85.5 cm³/mol. The average Bonchev–Trinajstić information content (AvgIpc) is 2.52. The molecule has 0 saturated carbocycles. The standard InChI is InChI=1S/C15H13F3N2O4S/c1-24-14(21)12(25(22,23)9-15(16,17)18)8-20-11-6-2-4-10-5-3-7-19-13(10)11/h2-8,12H,9H2,1H3. The topological polar surface area (TPSA) is 85.7 Å². The number of esters is 1. The van der Waals surface area contributed by atoms with Gasteiger partial charge in [0.1, 0.15) is 5.75 Å². The van der Waals surface area contributed by atoms with E-state index < -0.39 is 33.0 Å². The van der Waals surface area contributed by atoms with Gasteiger partial charge in [-0.3, -0.25) is 14.8 Å². The average molecular weight is 374 g/mol. The van der Waals surface area contributed by atoms with Crippen LogP contribution in [-0.2, 0) is 19.4 Å². The Kier molecular flexibility index (Phi) is 5.41. The van der Waals surface area contributed by atoms with Crippen LogP contribution in [0.25, 0.3) is 10.9 Å². The monoisotopic (exact) mass is 374 g/mol. The first-order valence-electron chi connectivity index (χ1n) is 6.88. The quantitative estimate of drug-likeness (QED) is 0.593. The molecule has 1 unspecified atom stereocenters. The lowest BCUT2D eigenvalue weighted by Gasteiger charge is -2.13. The van der Waals surface area contributed by atoms with Crippen molar-refractivity contribution in [1.82, 2.24) is 4.98 Å². The minimum atomic E-state index is -4.99. The molecule has 25 heavy (non-hydrogen) atoms. The fraction of sp³-hybridized carbons (Fsp3) is 0.267. The van der Waals surface area contributed by atoms with Crippen LogP contribution < -0.4 is 0 Å². The SMILES string of the molecule is COC(=O)C(C=Nc1cccc2cccnc12)S(=O)(=O)CC(F)(F)F. The maximum Gasteiger partial charge on any atom is 0.402 e. The number of hydrogen-bond acceptors (Lipinski definition) is 6. The van der Waals surface area contributed by atoms with Crippen molar-refractivity contribution in [2.24, 2.45) is 4.99 Å². The number of sulfone groups is 1. The number of para-hydroxylation sites is 1. The third-order valence-corrected chi connectivity index (χ3v) is 4.96. The fourth-order valence-corrected chi connectivity index (χ4v) is 3.35. The second-order valence-corrected chi connectivity index (χ2v) is 7.12. The number of halogens is 3. The number of methoxy groups -OCH3 is 1. The Bertz CT molecular complexity index is 905. The maximum absolute atomic E-state index is 12.5. The highest BCUT2D eigenvalue weighted by atomic mass is 32.2. The van der Waals surface area contributed by atoms with Crippen molar-refractivity contribution in [3.63, 3.8) is 0 Å². The molecular weight excluding hydrogens is 361 g/mol. The smallest absolute Gasteiger partial charge is 0.402 e. The molecule has 0 N–H and O–H groups in total. The molecule has 2 aromatic rings. The molecule has 0 aliphatic rings. The minimum Gasteiger partial charge on any atom is -0.468 e. The summed E-state index contributed by atoms with van der Waals surface area (Å²) in [7, 11) is -4.00. The van der Waals surface area contributed by atoms with Crippen molar-refractivity contribution in [2.75, 3.05) is 12.9 Å². The van der Waals surface area contributed by atoms with Gasteiger partial charge in [0.2, 0.25) is 0 Å². The van der Waals surface area contributed by atoms with Gasteiger partial charge in [0, 0.05) is 17.8 Å². The van der Waals surface area contributed by atoms with Gasteiger partial charge in [-0.05, 0) is 12.1 Å². The van der Waals surface area contributed by atoms with Crippen molar-refractivity contribution >= 4 is 38.6 Å². The molecule has 1 atom stereocenters. The number of carbonyl (C=O) groups is 1. The first-order chi connectivity index (χ1) is 11.6. The lowest BCUT2D eigenvalue weighted by molar-refractivity contribution is -0.138. The molecular formula is C15H13F3N2O4S. The number of rotatable bonds is 5. The zero-order valence-corrected chi connectivity index (χ0v) is 13.7. The lowest BCUT2D eigenvalue weighted by atomic mass is 10.2. The summed E-state index contributed by atoms with van der Waals surface area (Å²) in [6, 6.07) is 8.27. The number of pyridine rings is 1. The fourth-order valence-electron chi connectivity index (χ4n) is 2.07. The van der Waals surface area contributed by atoms with Crippen LogP contribution >= 0.6 is 0 Å². The summed E-state index contributed by atoms with van der Waals surface area (Å²) in [6.07, 6.45) is -2.87. The Morgan fingerprint density at radius 2 is 2.00 bits per heavy atom. The van der Waals surface area contributed by atoms with E-state index in [4.69, 9.17) is 0 Å². The highest BCUT2D eigenvalue weighted by molar-refractivity contribution is 7.93. The highest BCUT2D eigenvalue weighted by Crippen LogP contribution is 2.24. The number of alkyl halides is 3. The van der Waals surface area contributed by atoms with E-state index in [0.717, 1.165) is 7.11 Å². The van der Waals surface area contributed by atoms with Crippen LogP contribution in [0.5, 0.6) is 0 Å². The Morgan fingerprint density at radius 1 is 1.32 bits per heavy atom. The third-order valence-electron chi connectivity index (χ3n) is 3.15. The molecule has 0 bridgehead atoms. The van der Waals surface area contributed by atoms with Crippen LogP contribution in [0.2, 0.25) is 0 Å². The van der Waals surface area contributed by atoms with Crippen LogP contribution in [0.4, 0.5) is 18.9 Å². The summed E-state index contributed by atoms with van der Waals surface area (Å²) < 4.78 is 65.5. The van der Waals surface area contributed by atoms with E-state index in [2.05, 4.69) is 14.7 Å². The molecule has 2 rings (SSSR count). The van der Waals surface area contributed by atoms with E-state index in [1.165, 1.54) is 12.3 Å². The number of aromatic nitrogens is 1. The molecule has 0 aliphatic heterocycles. The molecule has 0 fully saturated rings. The second kappa shape index (κ2) is 7.18. The molecule has 134 valence electrons. The number of hydrogen-bond donors (Lipinski definition) is 0. The normalized spacial score (nSPS) is 13.9. The van der Waals surface area contributed by atoms with Gasteiger partial charge in [-0.1, -0.05) is 18.2 Å². The molecule has 10 heteroatoms. The number of ether oxygens (including phenoxy) is 1. The van der Waals surface area contributed by atoms with Gasteiger partial charge in [-0.15, -0.1) is 0 Å². The zero-order chi connectivity index (χ0) is 18.7. The summed E-state index contributed by atoms with van der Waals surface area (Å²) >= 11 is 0. The number of aliphatic imine (C=N–C) groups is 1. The maximum atomic E-state index is 12.5. The van der Waals surface area contributed by atoms with Gasteiger partial charge in [0.05, 0.1) is 18.3 Å². The van der Waals surface area contributed by atoms with Gasteiger partial charge < -0.3 is 4.74 Å². The summed E-state index contributed by atoms with van der Waals surface area (Å²) in [5, 5.41) is -1.47. The predicted octanol–water partition coefficient (Wildman–Crippen LogP) is 2.46. The molecule has 6 nitrogen and oxygen atoms in total. The van der Waals surface area contributed by atoms with Gasteiger partial charge in [0.25, 0.3) is 0 Å². The summed E-state index contributed by atoms with van der Waals surface area (Å²) in [4.78, 5) is 19.6. The largest absolute Gasteiger partial charge is 0.468 e. The highest BCUT2D eigenvalue weighted by Gasteiger charge is 2.42. The van der Waals surface area contributed by atoms with Gasteiger partial charge in [0.15, 0.2) is 15.1 Å². The molecule has 0 saturated heterocycles. The number of fused-ring (bicyclic) bond motifs is 1. The zero-order valence-electron chi connectivity index (χ0n) is 12.9. The summed E-state index contributed by atoms with van der Waals surface area (Å²) in [5.41, 5.74) is 0.632. The van der Waals surface area contributed by atoms with Gasteiger partial charge in [-0.25, -0.2) is 8.42 Å².